The zero-order valence-electron chi connectivity index (χ0n) is 22.7. The van der Waals surface area contributed by atoms with Gasteiger partial charge in [-0.3, -0.25) is 9.78 Å². The van der Waals surface area contributed by atoms with Gasteiger partial charge in [-0.25, -0.2) is 0 Å². The Balaban J connectivity index is 0.00000210. The number of phenols is 1. The predicted octanol–water partition coefficient (Wildman–Crippen LogP) is 7.77. The van der Waals surface area contributed by atoms with Crippen LogP contribution >= 0.6 is 36.4 Å². The van der Waals surface area contributed by atoms with Crippen molar-refractivity contribution in [3.63, 3.8) is 0 Å². The molecule has 0 aliphatic heterocycles. The molecule has 2 aromatic carbocycles. The number of fused-ring (bicyclic) bond motifs is 1. The number of phenolic OH excluding ortho intramolecular Hbond substituents is 1. The van der Waals surface area contributed by atoms with Crippen LogP contribution in [0.5, 0.6) is 11.5 Å². The Kier molecular flexibility index (Phi) is 10.8. The minimum absolute atomic E-state index is 0. The molecule has 2 aliphatic carbocycles. The summed E-state index contributed by atoms with van der Waals surface area (Å²) in [6.45, 7) is 6.65. The third-order valence-electron chi connectivity index (χ3n) is 8.04. The second kappa shape index (κ2) is 13.4. The van der Waals surface area contributed by atoms with Gasteiger partial charge in [0.25, 0.3) is 0 Å². The summed E-state index contributed by atoms with van der Waals surface area (Å²) < 4.78 is 5.32. The number of Topliss-reactive ketones (excluding diaryl/α,β-unsaturated/α-hetero) is 1. The first-order chi connectivity index (χ1) is 17.9. The molecule has 1 aromatic heterocycles. The maximum Gasteiger partial charge on any atom is 0.176 e. The number of carbonyl (C=O) groups excluding carboxylic acids is 1. The second-order valence-corrected chi connectivity index (χ2v) is 10.7. The Morgan fingerprint density at radius 1 is 1.05 bits per heavy atom. The van der Waals surface area contributed by atoms with Crippen molar-refractivity contribution < 1.29 is 14.6 Å². The smallest absolute Gasteiger partial charge is 0.176 e. The van der Waals surface area contributed by atoms with E-state index in [4.69, 9.17) is 16.3 Å². The van der Waals surface area contributed by atoms with E-state index in [-0.39, 0.29) is 47.3 Å². The SMILES string of the molecule is CCN(CC)C1CCC(Nc2c(C(=O)C3CC3)cnc3ccc(-c4cc(Cl)c(O)c(OC)c4)cc23)CC1.Cl.Cl. The minimum atomic E-state index is -0.0737. The number of halogens is 3. The Morgan fingerprint density at radius 2 is 1.74 bits per heavy atom. The molecule has 212 valence electrons. The Morgan fingerprint density at radius 3 is 2.36 bits per heavy atom. The van der Waals surface area contributed by atoms with Crippen molar-refractivity contribution in [2.45, 2.75) is 64.5 Å². The molecule has 6 nitrogen and oxygen atoms in total. The number of pyridine rings is 1. The van der Waals surface area contributed by atoms with Crippen LogP contribution in [0.1, 0.15) is 62.7 Å². The van der Waals surface area contributed by atoms with Crippen molar-refractivity contribution in [3.05, 3.63) is 47.1 Å². The molecule has 0 atom stereocenters. The van der Waals surface area contributed by atoms with Gasteiger partial charge in [-0.05, 0) is 87.0 Å². The normalized spacial score (nSPS) is 18.8. The van der Waals surface area contributed by atoms with Crippen LogP contribution in [0.2, 0.25) is 5.02 Å². The third-order valence-corrected chi connectivity index (χ3v) is 8.33. The molecular weight excluding hydrogens is 557 g/mol. The van der Waals surface area contributed by atoms with Gasteiger partial charge in [0.2, 0.25) is 0 Å². The molecule has 3 aromatic rings. The number of aromatic hydroxyl groups is 1. The lowest BCUT2D eigenvalue weighted by Crippen LogP contribution is -2.40. The molecule has 2 aliphatic rings. The number of hydrogen-bond donors (Lipinski definition) is 2. The molecule has 2 N–H and O–H groups in total. The van der Waals surface area contributed by atoms with Crippen LogP contribution in [0.3, 0.4) is 0 Å². The monoisotopic (exact) mass is 593 g/mol. The zero-order chi connectivity index (χ0) is 26.1. The number of anilines is 1. The van der Waals surface area contributed by atoms with E-state index >= 15 is 0 Å². The number of ether oxygens (including phenoxy) is 1. The molecule has 1 heterocycles. The van der Waals surface area contributed by atoms with Crippen LogP contribution in [0.15, 0.2) is 36.5 Å². The van der Waals surface area contributed by atoms with E-state index in [0.717, 1.165) is 79.3 Å². The summed E-state index contributed by atoms with van der Waals surface area (Å²) in [7, 11) is 1.51. The van der Waals surface area contributed by atoms with Crippen molar-refractivity contribution in [1.82, 2.24) is 9.88 Å². The van der Waals surface area contributed by atoms with Crippen LogP contribution in [0.25, 0.3) is 22.0 Å². The summed E-state index contributed by atoms with van der Waals surface area (Å²) in [6.07, 6.45) is 8.14. The Bertz CT molecular complexity index is 1300. The number of hydrogen-bond acceptors (Lipinski definition) is 6. The van der Waals surface area contributed by atoms with Crippen molar-refractivity contribution in [2.24, 2.45) is 5.92 Å². The van der Waals surface area contributed by atoms with Crippen molar-refractivity contribution in [3.8, 4) is 22.6 Å². The first-order valence-electron chi connectivity index (χ1n) is 13.5. The first kappa shape index (κ1) is 31.3. The number of nitrogens with one attached hydrogen (secondary N) is 1. The molecule has 5 rings (SSSR count). The Labute approximate surface area is 248 Å². The molecule has 2 saturated carbocycles. The van der Waals surface area contributed by atoms with Crippen LogP contribution in [0.4, 0.5) is 5.69 Å². The second-order valence-electron chi connectivity index (χ2n) is 10.3. The number of aromatic nitrogens is 1. The van der Waals surface area contributed by atoms with E-state index in [1.807, 2.05) is 12.1 Å². The highest BCUT2D eigenvalue weighted by molar-refractivity contribution is 6.32. The highest BCUT2D eigenvalue weighted by Crippen LogP contribution is 2.41. The standard InChI is InChI=1S/C30H36ClN3O3.2ClH/c1-4-34(5-2)22-11-9-21(10-12-22)33-28-23-14-19(20-15-25(31)30(36)27(16-20)37-3)8-13-26(23)32-17-24(28)29(35)18-6-7-18;;/h8,13-18,21-22,36H,4-7,9-12H2,1-3H3,(H,32,33);2*1H. The third kappa shape index (κ3) is 6.57. The summed E-state index contributed by atoms with van der Waals surface area (Å²) in [5, 5.41) is 15.2. The predicted molar refractivity (Wildman–Crippen MR) is 165 cm³/mol. The highest BCUT2D eigenvalue weighted by Gasteiger charge is 2.33. The van der Waals surface area contributed by atoms with Crippen molar-refractivity contribution in [1.29, 1.82) is 0 Å². The molecule has 0 radical (unpaired) electrons. The van der Waals surface area contributed by atoms with E-state index in [1.165, 1.54) is 7.11 Å². The fourth-order valence-corrected chi connectivity index (χ4v) is 5.92. The molecular formula is C30H38Cl3N3O3. The van der Waals surface area contributed by atoms with Crippen LogP contribution in [-0.4, -0.2) is 53.1 Å². The average molecular weight is 595 g/mol. The van der Waals surface area contributed by atoms with Crippen LogP contribution in [-0.2, 0) is 0 Å². The lowest BCUT2D eigenvalue weighted by Gasteiger charge is -2.36. The summed E-state index contributed by atoms with van der Waals surface area (Å²) in [4.78, 5) is 20.5. The molecule has 0 spiro atoms. The van der Waals surface area contributed by atoms with Crippen molar-refractivity contribution >= 4 is 58.8 Å². The largest absolute Gasteiger partial charge is 0.503 e. The number of carbonyl (C=O) groups is 1. The summed E-state index contributed by atoms with van der Waals surface area (Å²) >= 11 is 6.29. The molecule has 0 saturated heterocycles. The lowest BCUT2D eigenvalue weighted by molar-refractivity contribution is 0.0968. The number of nitrogens with zero attached hydrogens (tertiary/aromatic N) is 2. The van der Waals surface area contributed by atoms with Gasteiger partial charge < -0.3 is 20.1 Å². The Hall–Kier alpha value is -2.25. The zero-order valence-corrected chi connectivity index (χ0v) is 25.1. The van der Waals surface area contributed by atoms with Crippen molar-refractivity contribution in [2.75, 3.05) is 25.5 Å². The molecule has 0 unspecified atom stereocenters. The lowest BCUT2D eigenvalue weighted by atomic mass is 9.89. The number of rotatable bonds is 9. The van der Waals surface area contributed by atoms with Gasteiger partial charge in [0.15, 0.2) is 17.3 Å². The van der Waals surface area contributed by atoms with Gasteiger partial charge in [0.05, 0.1) is 28.9 Å². The summed E-state index contributed by atoms with van der Waals surface area (Å²) in [6, 6.07) is 10.5. The van der Waals surface area contributed by atoms with E-state index in [0.29, 0.717) is 23.4 Å². The van der Waals surface area contributed by atoms with Gasteiger partial charge in [0.1, 0.15) is 0 Å². The van der Waals surface area contributed by atoms with Gasteiger partial charge in [-0.1, -0.05) is 31.5 Å². The fourth-order valence-electron chi connectivity index (χ4n) is 5.71. The number of ketones is 1. The average Bonchev–Trinajstić information content (AvgIpc) is 3.77. The van der Waals surface area contributed by atoms with Gasteiger partial charge in [0, 0.05) is 29.6 Å². The fraction of sp³-hybridized carbons (Fsp3) is 0.467. The first-order valence-corrected chi connectivity index (χ1v) is 13.9. The van der Waals surface area contributed by atoms with Gasteiger partial charge in [-0.2, -0.15) is 0 Å². The van der Waals surface area contributed by atoms with E-state index < -0.39 is 0 Å². The summed E-state index contributed by atoms with van der Waals surface area (Å²) in [5.74, 6) is 0.548. The minimum Gasteiger partial charge on any atom is -0.503 e. The molecule has 2 fully saturated rings. The maximum atomic E-state index is 13.3. The van der Waals surface area contributed by atoms with Crippen LogP contribution < -0.4 is 10.1 Å². The maximum absolute atomic E-state index is 13.3. The van der Waals surface area contributed by atoms with E-state index in [2.05, 4.69) is 35.1 Å². The number of methoxy groups -OCH3 is 1. The highest BCUT2D eigenvalue weighted by atomic mass is 35.5. The molecule has 39 heavy (non-hydrogen) atoms. The van der Waals surface area contributed by atoms with E-state index in [9.17, 15) is 9.90 Å². The van der Waals surface area contributed by atoms with Gasteiger partial charge >= 0.3 is 0 Å². The quantitative estimate of drug-likeness (QED) is 0.247. The van der Waals surface area contributed by atoms with Gasteiger partial charge in [-0.15, -0.1) is 24.8 Å². The molecule has 0 bridgehead atoms. The topological polar surface area (TPSA) is 74.7 Å². The molecule has 9 heteroatoms. The molecule has 0 amide bonds. The summed E-state index contributed by atoms with van der Waals surface area (Å²) in [5.41, 5.74) is 4.17. The number of benzene rings is 2. The van der Waals surface area contributed by atoms with E-state index in [1.54, 1.807) is 18.3 Å². The van der Waals surface area contributed by atoms with Crippen LogP contribution in [0, 0.1) is 5.92 Å².